The Labute approximate surface area is 79.5 Å². The summed E-state index contributed by atoms with van der Waals surface area (Å²) in [7, 11) is 0. The van der Waals surface area contributed by atoms with Gasteiger partial charge in [-0.25, -0.2) is 4.79 Å². The number of hydrogen-bond donors (Lipinski definition) is 1. The monoisotopic (exact) mass is 183 g/mol. The van der Waals surface area contributed by atoms with Crippen LogP contribution in [0.3, 0.4) is 0 Å². The van der Waals surface area contributed by atoms with Crippen LogP contribution < -0.4 is 0 Å². The van der Waals surface area contributed by atoms with E-state index in [0.717, 1.165) is 10.9 Å². The Morgan fingerprint density at radius 1 is 1.36 bits per heavy atom. The Morgan fingerprint density at radius 2 is 2.14 bits per heavy atom. The summed E-state index contributed by atoms with van der Waals surface area (Å²) in [5.41, 5.74) is 1.44. The van der Waals surface area contributed by atoms with Gasteiger partial charge in [0.25, 0.3) is 0 Å². The topological polar surface area (TPSA) is 69.0 Å². The molecule has 14 heavy (non-hydrogen) atoms. The number of rotatable bonds is 1. The average Bonchev–Trinajstić information content (AvgIpc) is 2.58. The maximum atomic E-state index is 10.2. The summed E-state index contributed by atoms with van der Waals surface area (Å²) >= 11 is 0. The fourth-order valence-electron chi connectivity index (χ4n) is 1.37. The van der Waals surface area contributed by atoms with Crippen LogP contribution in [0.25, 0.3) is 10.9 Å². The molecule has 1 aromatic carbocycles. The van der Waals surface area contributed by atoms with E-state index in [2.05, 4.69) is 9.98 Å². The van der Waals surface area contributed by atoms with E-state index in [9.17, 15) is 4.79 Å². The van der Waals surface area contributed by atoms with Gasteiger partial charge in [0.05, 0.1) is 0 Å². The number of benzene rings is 1. The first kappa shape index (κ1) is 8.24. The molecule has 2 rings (SSSR count). The molecule has 0 radical (unpaired) electrons. The van der Waals surface area contributed by atoms with Crippen LogP contribution in [0.2, 0.25) is 0 Å². The largest absolute Gasteiger partial charge is 0.344 e. The van der Waals surface area contributed by atoms with Gasteiger partial charge >= 0.3 is 0 Å². The Bertz CT molecular complexity index is 571. The highest BCUT2D eigenvalue weighted by molar-refractivity contribution is 5.94. The Kier molecular flexibility index (Phi) is 1.87. The molecule has 2 aromatic rings. The van der Waals surface area contributed by atoms with Crippen LogP contribution in [0.15, 0.2) is 29.3 Å². The van der Waals surface area contributed by atoms with Crippen molar-refractivity contribution in [1.82, 2.24) is 4.98 Å². The molecule has 0 aliphatic rings. The fourth-order valence-corrected chi connectivity index (χ4v) is 1.37. The van der Waals surface area contributed by atoms with Gasteiger partial charge in [0.2, 0.25) is 6.08 Å². The minimum Gasteiger partial charge on any atom is -0.344 e. The van der Waals surface area contributed by atoms with Crippen LogP contribution in [-0.2, 0) is 4.79 Å². The molecule has 66 valence electrons. The SMILES string of the molecule is N#Cc1[nH]c2ccccc2c1N=C=O. The normalized spacial score (nSPS) is 9.36. The van der Waals surface area contributed by atoms with Crippen molar-refractivity contribution in [3.8, 4) is 6.07 Å². The van der Waals surface area contributed by atoms with E-state index in [4.69, 9.17) is 5.26 Å². The van der Waals surface area contributed by atoms with Gasteiger partial charge in [0.1, 0.15) is 17.5 Å². The molecule has 4 heteroatoms. The van der Waals surface area contributed by atoms with Crippen LogP contribution in [0, 0.1) is 11.3 Å². The average molecular weight is 183 g/mol. The lowest BCUT2D eigenvalue weighted by molar-refractivity contribution is 0.565. The second-order valence-corrected chi connectivity index (χ2v) is 2.71. The van der Waals surface area contributed by atoms with E-state index in [-0.39, 0.29) is 5.69 Å². The number of aromatic amines is 1. The van der Waals surface area contributed by atoms with Crippen molar-refractivity contribution in [3.05, 3.63) is 30.0 Å². The Morgan fingerprint density at radius 3 is 2.86 bits per heavy atom. The van der Waals surface area contributed by atoms with Gasteiger partial charge in [0, 0.05) is 10.9 Å². The summed E-state index contributed by atoms with van der Waals surface area (Å²) < 4.78 is 0. The molecule has 0 unspecified atom stereocenters. The third-order valence-electron chi connectivity index (χ3n) is 1.95. The number of nitrogens with zero attached hydrogens (tertiary/aromatic N) is 2. The van der Waals surface area contributed by atoms with Crippen molar-refractivity contribution in [2.24, 2.45) is 4.99 Å². The maximum Gasteiger partial charge on any atom is 0.240 e. The van der Waals surface area contributed by atoms with Crippen molar-refractivity contribution in [1.29, 1.82) is 5.26 Å². The Balaban J connectivity index is 2.89. The molecule has 0 aliphatic heterocycles. The number of fused-ring (bicyclic) bond motifs is 1. The van der Waals surface area contributed by atoms with Gasteiger partial charge < -0.3 is 4.98 Å². The number of nitrogens with one attached hydrogen (secondary N) is 1. The van der Waals surface area contributed by atoms with Crippen LogP contribution >= 0.6 is 0 Å². The molecular weight excluding hydrogens is 178 g/mol. The van der Waals surface area contributed by atoms with Gasteiger partial charge in [-0.15, -0.1) is 0 Å². The number of para-hydroxylation sites is 1. The quantitative estimate of drug-likeness (QED) is 0.542. The van der Waals surface area contributed by atoms with Crippen LogP contribution in [0.5, 0.6) is 0 Å². The molecule has 1 aromatic heterocycles. The molecule has 1 N–H and O–H groups in total. The summed E-state index contributed by atoms with van der Waals surface area (Å²) in [6.45, 7) is 0. The first-order chi connectivity index (χ1) is 6.86. The highest BCUT2D eigenvalue weighted by atomic mass is 16.1. The van der Waals surface area contributed by atoms with Crippen molar-refractivity contribution < 1.29 is 4.79 Å². The number of nitriles is 1. The molecule has 0 atom stereocenters. The molecule has 0 saturated carbocycles. The van der Waals surface area contributed by atoms with E-state index in [1.54, 1.807) is 6.07 Å². The standard InChI is InChI=1S/C10H5N3O/c11-5-9-10(12-6-14)7-3-1-2-4-8(7)13-9/h1-4,13H. The second kappa shape index (κ2) is 3.17. The lowest BCUT2D eigenvalue weighted by atomic mass is 10.2. The second-order valence-electron chi connectivity index (χ2n) is 2.71. The number of aromatic nitrogens is 1. The van der Waals surface area contributed by atoms with Gasteiger partial charge in [-0.2, -0.15) is 10.3 Å². The summed E-state index contributed by atoms with van der Waals surface area (Å²) in [5, 5.41) is 9.53. The summed E-state index contributed by atoms with van der Waals surface area (Å²) in [6, 6.07) is 9.22. The predicted molar refractivity (Wildman–Crippen MR) is 50.8 cm³/mol. The summed E-state index contributed by atoms with van der Waals surface area (Å²) in [4.78, 5) is 16.5. The number of aliphatic imine (C=N–C) groups is 1. The molecule has 0 aliphatic carbocycles. The van der Waals surface area contributed by atoms with Crippen molar-refractivity contribution in [2.45, 2.75) is 0 Å². The lowest BCUT2D eigenvalue weighted by Gasteiger charge is -1.86. The zero-order valence-corrected chi connectivity index (χ0v) is 7.11. The Hall–Kier alpha value is -2.37. The van der Waals surface area contributed by atoms with E-state index in [1.165, 1.54) is 6.08 Å². The highest BCUT2D eigenvalue weighted by Crippen LogP contribution is 2.28. The van der Waals surface area contributed by atoms with Gasteiger partial charge in [-0.05, 0) is 6.07 Å². The van der Waals surface area contributed by atoms with E-state index >= 15 is 0 Å². The molecular formula is C10H5N3O. The first-order valence-electron chi connectivity index (χ1n) is 3.95. The lowest BCUT2D eigenvalue weighted by Crippen LogP contribution is -1.70. The smallest absolute Gasteiger partial charge is 0.240 e. The zero-order valence-electron chi connectivity index (χ0n) is 7.11. The predicted octanol–water partition coefficient (Wildman–Crippen LogP) is 2.01. The van der Waals surface area contributed by atoms with Crippen LogP contribution in [0.4, 0.5) is 5.69 Å². The third kappa shape index (κ3) is 1.09. The number of isocyanates is 1. The number of carbonyl (C=O) groups excluding carboxylic acids is 1. The van der Waals surface area contributed by atoms with Crippen molar-refractivity contribution in [2.75, 3.05) is 0 Å². The van der Waals surface area contributed by atoms with Crippen LogP contribution in [-0.4, -0.2) is 11.1 Å². The van der Waals surface area contributed by atoms with Gasteiger partial charge in [-0.3, -0.25) is 0 Å². The molecule has 0 fully saturated rings. The minimum absolute atomic E-state index is 0.287. The molecule has 0 spiro atoms. The molecule has 0 amide bonds. The number of hydrogen-bond acceptors (Lipinski definition) is 3. The molecule has 0 bridgehead atoms. The van der Waals surface area contributed by atoms with Crippen LogP contribution in [0.1, 0.15) is 5.69 Å². The van der Waals surface area contributed by atoms with Crippen molar-refractivity contribution in [3.63, 3.8) is 0 Å². The van der Waals surface area contributed by atoms with Gasteiger partial charge in [-0.1, -0.05) is 18.2 Å². The van der Waals surface area contributed by atoms with Gasteiger partial charge in [0.15, 0.2) is 0 Å². The zero-order chi connectivity index (χ0) is 9.97. The van der Waals surface area contributed by atoms with E-state index < -0.39 is 0 Å². The van der Waals surface area contributed by atoms with E-state index in [1.807, 2.05) is 24.3 Å². The molecule has 0 saturated heterocycles. The third-order valence-corrected chi connectivity index (χ3v) is 1.95. The highest BCUT2D eigenvalue weighted by Gasteiger charge is 2.08. The first-order valence-corrected chi connectivity index (χ1v) is 3.95. The molecule has 1 heterocycles. The summed E-state index contributed by atoms with van der Waals surface area (Å²) in [6.07, 6.45) is 1.44. The summed E-state index contributed by atoms with van der Waals surface area (Å²) in [5.74, 6) is 0. The fraction of sp³-hybridized carbons (Fsp3) is 0. The van der Waals surface area contributed by atoms with Crippen molar-refractivity contribution >= 4 is 22.7 Å². The maximum absolute atomic E-state index is 10.2. The number of H-pyrrole nitrogens is 1. The molecule has 4 nitrogen and oxygen atoms in total. The van der Waals surface area contributed by atoms with E-state index in [0.29, 0.717) is 5.69 Å². The minimum atomic E-state index is 0.287.